The first kappa shape index (κ1) is 14.4. The second-order valence-corrected chi connectivity index (χ2v) is 6.56. The third kappa shape index (κ3) is 3.56. The van der Waals surface area contributed by atoms with Crippen LogP contribution in [0.1, 0.15) is 45.4 Å². The second kappa shape index (κ2) is 6.05. The predicted octanol–water partition coefficient (Wildman–Crippen LogP) is 1.97. The van der Waals surface area contributed by atoms with Crippen LogP contribution in [0.15, 0.2) is 6.20 Å². The van der Waals surface area contributed by atoms with Gasteiger partial charge in [0.1, 0.15) is 0 Å². The number of nitrogens with one attached hydrogen (secondary N) is 3. The normalized spacial score (nSPS) is 22.1. The van der Waals surface area contributed by atoms with Crippen LogP contribution in [0, 0.1) is 0 Å². The minimum atomic E-state index is 0.127. The molecule has 1 aromatic heterocycles. The van der Waals surface area contributed by atoms with Gasteiger partial charge in [0.2, 0.25) is 5.95 Å². The third-order valence-electron chi connectivity index (χ3n) is 4.62. The van der Waals surface area contributed by atoms with Gasteiger partial charge in [-0.1, -0.05) is 12.8 Å². The zero-order valence-electron chi connectivity index (χ0n) is 12.8. The molecule has 2 heterocycles. The fraction of sp³-hybridized carbons (Fsp3) is 0.733. The van der Waals surface area contributed by atoms with Gasteiger partial charge in [0.25, 0.3) is 0 Å². The Kier molecular flexibility index (Phi) is 4.14. The van der Waals surface area contributed by atoms with Crippen molar-refractivity contribution >= 4 is 17.5 Å². The van der Waals surface area contributed by atoms with Crippen LogP contribution >= 0.6 is 0 Å². The van der Waals surface area contributed by atoms with Gasteiger partial charge in [-0.3, -0.25) is 0 Å². The molecule has 5 N–H and O–H groups in total. The molecule has 0 aromatic carbocycles. The number of aromatic nitrogens is 2. The molecule has 21 heavy (non-hydrogen) atoms. The van der Waals surface area contributed by atoms with Gasteiger partial charge in [-0.15, -0.1) is 0 Å². The van der Waals surface area contributed by atoms with Gasteiger partial charge in [0, 0.05) is 11.6 Å². The molecule has 1 saturated heterocycles. The van der Waals surface area contributed by atoms with Gasteiger partial charge < -0.3 is 21.7 Å². The highest BCUT2D eigenvalue weighted by Crippen LogP contribution is 2.32. The van der Waals surface area contributed by atoms with Gasteiger partial charge in [0.05, 0.1) is 11.9 Å². The quantitative estimate of drug-likeness (QED) is 0.678. The van der Waals surface area contributed by atoms with Gasteiger partial charge >= 0.3 is 0 Å². The number of piperidine rings is 1. The SMILES string of the molecule is CC1(Nc2ncc(N)c(NC3CCNCC3)n2)CCCC1. The minimum absolute atomic E-state index is 0.127. The van der Waals surface area contributed by atoms with Crippen LogP contribution in [0.3, 0.4) is 0 Å². The summed E-state index contributed by atoms with van der Waals surface area (Å²) >= 11 is 0. The molecule has 0 amide bonds. The maximum atomic E-state index is 6.02. The molecule has 1 aromatic rings. The first-order valence-electron chi connectivity index (χ1n) is 8.03. The Morgan fingerprint density at radius 2 is 2.00 bits per heavy atom. The second-order valence-electron chi connectivity index (χ2n) is 6.56. The van der Waals surface area contributed by atoms with E-state index in [-0.39, 0.29) is 5.54 Å². The Bertz CT molecular complexity index is 477. The average molecular weight is 290 g/mol. The summed E-state index contributed by atoms with van der Waals surface area (Å²) in [6, 6.07) is 0.443. The fourth-order valence-corrected chi connectivity index (χ4v) is 3.28. The summed E-state index contributed by atoms with van der Waals surface area (Å²) in [5.41, 5.74) is 6.76. The molecule has 1 saturated carbocycles. The van der Waals surface area contributed by atoms with E-state index in [9.17, 15) is 0 Å². The molecule has 116 valence electrons. The Labute approximate surface area is 126 Å². The molecule has 2 aliphatic rings. The molecular weight excluding hydrogens is 264 g/mol. The van der Waals surface area contributed by atoms with Gasteiger partial charge in [-0.05, 0) is 45.7 Å². The van der Waals surface area contributed by atoms with E-state index in [1.807, 2.05) is 0 Å². The van der Waals surface area contributed by atoms with E-state index in [1.165, 1.54) is 25.7 Å². The maximum absolute atomic E-state index is 6.02. The first-order chi connectivity index (χ1) is 10.1. The number of anilines is 3. The summed E-state index contributed by atoms with van der Waals surface area (Å²) in [4.78, 5) is 8.94. The lowest BCUT2D eigenvalue weighted by atomic mass is 10.0. The van der Waals surface area contributed by atoms with E-state index in [1.54, 1.807) is 6.20 Å². The Balaban J connectivity index is 1.69. The van der Waals surface area contributed by atoms with E-state index in [2.05, 4.69) is 32.8 Å². The van der Waals surface area contributed by atoms with Crippen LogP contribution in [0.25, 0.3) is 0 Å². The van der Waals surface area contributed by atoms with Crippen LogP contribution in [-0.2, 0) is 0 Å². The Hall–Kier alpha value is -1.56. The van der Waals surface area contributed by atoms with Crippen molar-refractivity contribution in [2.45, 2.75) is 57.0 Å². The van der Waals surface area contributed by atoms with E-state index >= 15 is 0 Å². The molecule has 3 rings (SSSR count). The number of nitrogens with zero attached hydrogens (tertiary/aromatic N) is 2. The van der Waals surface area contributed by atoms with E-state index < -0.39 is 0 Å². The summed E-state index contributed by atoms with van der Waals surface area (Å²) in [5.74, 6) is 1.45. The fourth-order valence-electron chi connectivity index (χ4n) is 3.28. The molecule has 2 fully saturated rings. The third-order valence-corrected chi connectivity index (χ3v) is 4.62. The lowest BCUT2D eigenvalue weighted by molar-refractivity contribution is 0.478. The molecule has 0 spiro atoms. The first-order valence-corrected chi connectivity index (χ1v) is 8.03. The van der Waals surface area contributed by atoms with Gasteiger partial charge in [-0.25, -0.2) is 4.98 Å². The number of hydrogen-bond acceptors (Lipinski definition) is 6. The topological polar surface area (TPSA) is 87.9 Å². The predicted molar refractivity (Wildman–Crippen MR) is 86.5 cm³/mol. The molecule has 1 aliphatic carbocycles. The summed E-state index contributed by atoms with van der Waals surface area (Å²) in [6.07, 6.45) is 8.82. The highest BCUT2D eigenvalue weighted by atomic mass is 15.2. The lowest BCUT2D eigenvalue weighted by Gasteiger charge is -2.27. The van der Waals surface area contributed by atoms with Crippen molar-refractivity contribution in [1.82, 2.24) is 15.3 Å². The Morgan fingerprint density at radius 1 is 1.29 bits per heavy atom. The van der Waals surface area contributed by atoms with Crippen LogP contribution in [0.4, 0.5) is 17.5 Å². The summed E-state index contributed by atoms with van der Waals surface area (Å²) in [7, 11) is 0. The number of nitrogen functional groups attached to an aromatic ring is 1. The largest absolute Gasteiger partial charge is 0.394 e. The summed E-state index contributed by atoms with van der Waals surface area (Å²) in [5, 5.41) is 10.3. The van der Waals surface area contributed by atoms with Crippen molar-refractivity contribution in [1.29, 1.82) is 0 Å². The smallest absolute Gasteiger partial charge is 0.225 e. The average Bonchev–Trinajstić information content (AvgIpc) is 2.90. The zero-order valence-corrected chi connectivity index (χ0v) is 12.8. The highest BCUT2D eigenvalue weighted by molar-refractivity contribution is 5.62. The molecule has 0 unspecified atom stereocenters. The number of hydrogen-bond donors (Lipinski definition) is 4. The maximum Gasteiger partial charge on any atom is 0.225 e. The van der Waals surface area contributed by atoms with Crippen molar-refractivity contribution < 1.29 is 0 Å². The minimum Gasteiger partial charge on any atom is -0.394 e. The van der Waals surface area contributed by atoms with Crippen molar-refractivity contribution in [3.63, 3.8) is 0 Å². The molecule has 6 nitrogen and oxygen atoms in total. The van der Waals surface area contributed by atoms with Gasteiger partial charge in [0.15, 0.2) is 5.82 Å². The molecular formula is C15H26N6. The molecule has 6 heteroatoms. The lowest BCUT2D eigenvalue weighted by Crippen LogP contribution is -2.36. The molecule has 0 radical (unpaired) electrons. The molecule has 0 bridgehead atoms. The monoisotopic (exact) mass is 290 g/mol. The van der Waals surface area contributed by atoms with E-state index in [0.717, 1.165) is 31.7 Å². The van der Waals surface area contributed by atoms with Crippen LogP contribution in [0.2, 0.25) is 0 Å². The van der Waals surface area contributed by atoms with Crippen molar-refractivity contribution in [2.75, 3.05) is 29.5 Å². The summed E-state index contributed by atoms with van der Waals surface area (Å²) in [6.45, 7) is 4.34. The standard InChI is InChI=1S/C15H26N6/c1-15(6-2-3-7-15)21-14-18-10-12(16)13(20-14)19-11-4-8-17-9-5-11/h10-11,17H,2-9,16H2,1H3,(H2,18,19,20,21). The van der Waals surface area contributed by atoms with E-state index in [4.69, 9.17) is 5.73 Å². The van der Waals surface area contributed by atoms with Crippen LogP contribution in [0.5, 0.6) is 0 Å². The molecule has 0 atom stereocenters. The molecule has 1 aliphatic heterocycles. The van der Waals surface area contributed by atoms with Crippen molar-refractivity contribution in [3.05, 3.63) is 6.20 Å². The number of rotatable bonds is 4. The summed E-state index contributed by atoms with van der Waals surface area (Å²) < 4.78 is 0. The van der Waals surface area contributed by atoms with Crippen molar-refractivity contribution in [2.24, 2.45) is 0 Å². The zero-order chi connectivity index (χ0) is 14.7. The van der Waals surface area contributed by atoms with E-state index in [0.29, 0.717) is 17.7 Å². The van der Waals surface area contributed by atoms with Gasteiger partial charge in [-0.2, -0.15) is 4.98 Å². The van der Waals surface area contributed by atoms with Crippen LogP contribution in [-0.4, -0.2) is 34.6 Å². The highest BCUT2D eigenvalue weighted by Gasteiger charge is 2.29. The van der Waals surface area contributed by atoms with Crippen LogP contribution < -0.4 is 21.7 Å². The Morgan fingerprint density at radius 3 is 2.71 bits per heavy atom. The van der Waals surface area contributed by atoms with Crippen molar-refractivity contribution in [3.8, 4) is 0 Å². The number of nitrogens with two attached hydrogens (primary N) is 1.